The van der Waals surface area contributed by atoms with Gasteiger partial charge in [0.05, 0.1) is 0 Å². The molecule has 0 amide bonds. The van der Waals surface area contributed by atoms with Gasteiger partial charge < -0.3 is 0 Å². The molecule has 1 aromatic carbocycles. The van der Waals surface area contributed by atoms with E-state index in [-0.39, 0.29) is 18.0 Å². The molecule has 0 spiro atoms. The molecule has 0 aromatic heterocycles. The lowest BCUT2D eigenvalue weighted by atomic mass is 10.0. The quantitative estimate of drug-likeness (QED) is 0.504. The van der Waals surface area contributed by atoms with Gasteiger partial charge in [0, 0.05) is 23.4 Å². The van der Waals surface area contributed by atoms with Crippen molar-refractivity contribution in [1.29, 1.82) is 0 Å². The van der Waals surface area contributed by atoms with Crippen molar-refractivity contribution in [3.63, 3.8) is 0 Å². The van der Waals surface area contributed by atoms with Gasteiger partial charge in [-0.25, -0.2) is 4.39 Å². The lowest BCUT2D eigenvalue weighted by Gasteiger charge is -2.05. The largest absolute Gasteiger partial charge is 0.299 e. The molecule has 0 aliphatic rings. The molecule has 1 rings (SSSR count). The maximum Gasteiger partial charge on any atom is 0.137 e. The Balaban J connectivity index is 2.21. The van der Waals surface area contributed by atoms with E-state index in [2.05, 4.69) is 6.92 Å². The highest BCUT2D eigenvalue weighted by atomic mass is 35.5. The Kier molecular flexibility index (Phi) is 8.52. The average molecular weight is 299 g/mol. The van der Waals surface area contributed by atoms with Crippen LogP contribution in [0.3, 0.4) is 0 Å². The second kappa shape index (κ2) is 9.93. The van der Waals surface area contributed by atoms with Gasteiger partial charge in [-0.2, -0.15) is 0 Å². The van der Waals surface area contributed by atoms with Gasteiger partial charge in [0.15, 0.2) is 0 Å². The van der Waals surface area contributed by atoms with Crippen molar-refractivity contribution in [1.82, 2.24) is 0 Å². The maximum atomic E-state index is 13.5. The van der Waals surface area contributed by atoms with Crippen molar-refractivity contribution in [3.8, 4) is 0 Å². The second-order valence-electron chi connectivity index (χ2n) is 5.29. The van der Waals surface area contributed by atoms with Gasteiger partial charge in [0.25, 0.3) is 0 Å². The van der Waals surface area contributed by atoms with E-state index in [1.54, 1.807) is 12.1 Å². The Morgan fingerprint density at radius 1 is 1.10 bits per heavy atom. The molecule has 0 unspecified atom stereocenters. The number of ketones is 1. The summed E-state index contributed by atoms with van der Waals surface area (Å²) in [5.41, 5.74) is 0.335. The summed E-state index contributed by atoms with van der Waals surface area (Å²) < 4.78 is 13.5. The first kappa shape index (κ1) is 17.2. The van der Waals surface area contributed by atoms with E-state index >= 15 is 0 Å². The Hall–Kier alpha value is -0.890. The van der Waals surface area contributed by atoms with Crippen molar-refractivity contribution >= 4 is 17.4 Å². The topological polar surface area (TPSA) is 17.1 Å². The van der Waals surface area contributed by atoms with Crippen LogP contribution < -0.4 is 0 Å². The number of carbonyl (C=O) groups excluding carboxylic acids is 1. The van der Waals surface area contributed by atoms with Crippen LogP contribution >= 0.6 is 11.6 Å². The van der Waals surface area contributed by atoms with E-state index in [0.29, 0.717) is 17.0 Å². The van der Waals surface area contributed by atoms with Crippen molar-refractivity contribution in [2.24, 2.45) is 0 Å². The van der Waals surface area contributed by atoms with E-state index in [1.807, 2.05) is 0 Å². The minimum atomic E-state index is -0.384. The summed E-state index contributed by atoms with van der Waals surface area (Å²) >= 11 is 5.91. The minimum Gasteiger partial charge on any atom is -0.299 e. The number of benzene rings is 1. The molecular weight excluding hydrogens is 275 g/mol. The molecule has 0 atom stereocenters. The zero-order chi connectivity index (χ0) is 14.8. The van der Waals surface area contributed by atoms with Gasteiger partial charge in [-0.05, 0) is 18.6 Å². The maximum absolute atomic E-state index is 13.5. The molecule has 112 valence electrons. The zero-order valence-corrected chi connectivity index (χ0v) is 13.0. The van der Waals surface area contributed by atoms with Crippen LogP contribution in [0.5, 0.6) is 0 Å². The van der Waals surface area contributed by atoms with E-state index < -0.39 is 0 Å². The van der Waals surface area contributed by atoms with Gasteiger partial charge in [-0.3, -0.25) is 4.79 Å². The van der Waals surface area contributed by atoms with Crippen LogP contribution in [0.4, 0.5) is 4.39 Å². The molecule has 0 bridgehead atoms. The molecule has 0 heterocycles. The predicted octanol–water partition coefficient (Wildman–Crippen LogP) is 5.73. The summed E-state index contributed by atoms with van der Waals surface area (Å²) in [6, 6.07) is 4.53. The second-order valence-corrected chi connectivity index (χ2v) is 5.69. The van der Waals surface area contributed by atoms with Crippen molar-refractivity contribution in [2.75, 3.05) is 0 Å². The molecular formula is C17H24ClFO. The summed E-state index contributed by atoms with van der Waals surface area (Å²) in [6.07, 6.45) is 8.90. The van der Waals surface area contributed by atoms with E-state index in [9.17, 15) is 9.18 Å². The Bertz CT molecular complexity index is 397. The zero-order valence-electron chi connectivity index (χ0n) is 12.3. The summed E-state index contributed by atoms with van der Waals surface area (Å²) in [6.45, 7) is 2.20. The number of unbranched alkanes of at least 4 members (excludes halogenated alkanes) is 6. The molecule has 3 heteroatoms. The van der Waals surface area contributed by atoms with E-state index in [4.69, 9.17) is 11.6 Å². The first-order valence-electron chi connectivity index (χ1n) is 7.59. The molecule has 0 saturated carbocycles. The highest BCUT2D eigenvalue weighted by Crippen LogP contribution is 2.20. The SMILES string of the molecule is CCCCCCCCCC(=O)Cc1c(F)cccc1Cl. The molecule has 0 radical (unpaired) electrons. The summed E-state index contributed by atoms with van der Waals surface area (Å²) in [7, 11) is 0. The van der Waals surface area contributed by atoms with E-state index in [1.165, 1.54) is 38.2 Å². The van der Waals surface area contributed by atoms with Crippen LogP contribution in [0.15, 0.2) is 18.2 Å². The summed E-state index contributed by atoms with van der Waals surface area (Å²) in [5, 5.41) is 0.345. The normalized spacial score (nSPS) is 10.8. The van der Waals surface area contributed by atoms with Gasteiger partial charge >= 0.3 is 0 Å². The lowest BCUT2D eigenvalue weighted by molar-refractivity contribution is -0.118. The molecule has 0 fully saturated rings. The Morgan fingerprint density at radius 3 is 2.40 bits per heavy atom. The molecule has 1 nitrogen and oxygen atoms in total. The van der Waals surface area contributed by atoms with Crippen molar-refractivity contribution in [2.45, 2.75) is 64.7 Å². The van der Waals surface area contributed by atoms with Gasteiger partial charge in [-0.1, -0.05) is 63.1 Å². The van der Waals surface area contributed by atoms with Gasteiger partial charge in [0.1, 0.15) is 11.6 Å². The fourth-order valence-electron chi connectivity index (χ4n) is 2.27. The van der Waals surface area contributed by atoms with Crippen molar-refractivity contribution in [3.05, 3.63) is 34.6 Å². The summed E-state index contributed by atoms with van der Waals surface area (Å²) in [5.74, 6) is -0.309. The number of halogens is 2. The Labute approximate surface area is 126 Å². The highest BCUT2D eigenvalue weighted by molar-refractivity contribution is 6.31. The third-order valence-electron chi connectivity index (χ3n) is 3.49. The minimum absolute atomic E-state index is 0.0746. The molecule has 0 N–H and O–H groups in total. The molecule has 1 aromatic rings. The van der Waals surface area contributed by atoms with Crippen LogP contribution in [0.1, 0.15) is 63.9 Å². The molecule has 0 aliphatic heterocycles. The number of carbonyl (C=O) groups is 1. The van der Waals surface area contributed by atoms with Crippen LogP contribution in [0, 0.1) is 5.82 Å². The van der Waals surface area contributed by atoms with Gasteiger partial charge in [-0.15, -0.1) is 0 Å². The average Bonchev–Trinajstić information content (AvgIpc) is 2.42. The third-order valence-corrected chi connectivity index (χ3v) is 3.85. The molecule has 0 saturated heterocycles. The molecule has 20 heavy (non-hydrogen) atoms. The van der Waals surface area contributed by atoms with Crippen LogP contribution in [0.2, 0.25) is 5.02 Å². The number of Topliss-reactive ketones (excluding diaryl/α,β-unsaturated/α-hetero) is 1. The first-order chi connectivity index (χ1) is 9.65. The predicted molar refractivity (Wildman–Crippen MR) is 82.7 cm³/mol. The standard InChI is InChI=1S/C17H24ClFO/c1-2-3-4-5-6-7-8-10-14(20)13-15-16(18)11-9-12-17(15)19/h9,11-12H,2-8,10,13H2,1H3. The lowest BCUT2D eigenvalue weighted by Crippen LogP contribution is -2.05. The first-order valence-corrected chi connectivity index (χ1v) is 7.97. The number of rotatable bonds is 10. The van der Waals surface area contributed by atoms with Gasteiger partial charge in [0.2, 0.25) is 0 Å². The summed E-state index contributed by atoms with van der Waals surface area (Å²) in [4.78, 5) is 11.8. The van der Waals surface area contributed by atoms with Crippen LogP contribution in [-0.4, -0.2) is 5.78 Å². The number of hydrogen-bond donors (Lipinski definition) is 0. The van der Waals surface area contributed by atoms with Crippen LogP contribution in [-0.2, 0) is 11.2 Å². The highest BCUT2D eigenvalue weighted by Gasteiger charge is 2.11. The smallest absolute Gasteiger partial charge is 0.137 e. The van der Waals surface area contributed by atoms with E-state index in [0.717, 1.165) is 12.8 Å². The van der Waals surface area contributed by atoms with Crippen molar-refractivity contribution < 1.29 is 9.18 Å². The van der Waals surface area contributed by atoms with Crippen LogP contribution in [0.25, 0.3) is 0 Å². The fourth-order valence-corrected chi connectivity index (χ4v) is 2.50. The Morgan fingerprint density at radius 2 is 1.75 bits per heavy atom. The fraction of sp³-hybridized carbons (Fsp3) is 0.588. The third kappa shape index (κ3) is 6.51. The monoisotopic (exact) mass is 298 g/mol. The number of hydrogen-bond acceptors (Lipinski definition) is 1. The molecule has 0 aliphatic carbocycles.